The van der Waals surface area contributed by atoms with E-state index in [1.54, 1.807) is 13.0 Å². The van der Waals surface area contributed by atoms with Crippen LogP contribution in [0.1, 0.15) is 53.8 Å². The van der Waals surface area contributed by atoms with E-state index >= 15 is 0 Å². The van der Waals surface area contributed by atoms with Gasteiger partial charge in [0, 0.05) is 24.0 Å². The van der Waals surface area contributed by atoms with E-state index in [2.05, 4.69) is 20.0 Å². The molecule has 1 aliphatic rings. The summed E-state index contributed by atoms with van der Waals surface area (Å²) in [5.74, 6) is -1.00. The first-order valence-corrected chi connectivity index (χ1v) is 9.33. The maximum atomic E-state index is 12.6. The molecule has 1 atom stereocenters. The molecule has 0 spiro atoms. The number of hydrogen-bond donors (Lipinski definition) is 2. The largest absolute Gasteiger partial charge is 0.468 e. The molecule has 2 aromatic rings. The Morgan fingerprint density at radius 2 is 2.00 bits per heavy atom. The molecule has 0 bridgehead atoms. The van der Waals surface area contributed by atoms with Crippen LogP contribution in [0, 0.1) is 0 Å². The molecule has 0 radical (unpaired) electrons. The number of alkyl halides is 3. The highest BCUT2D eigenvalue weighted by Crippen LogP contribution is 2.42. The van der Waals surface area contributed by atoms with Gasteiger partial charge in [-0.1, -0.05) is 12.5 Å². The number of pyridine rings is 2. The van der Waals surface area contributed by atoms with Crippen molar-refractivity contribution in [3.8, 4) is 5.88 Å². The molecule has 7 nitrogen and oxygen atoms in total. The molecule has 3 rings (SSSR count). The Morgan fingerprint density at radius 3 is 2.53 bits per heavy atom. The molecule has 0 saturated heterocycles. The second-order valence-corrected chi connectivity index (χ2v) is 7.26. The Kier molecular flexibility index (Phi) is 5.95. The van der Waals surface area contributed by atoms with Gasteiger partial charge in [0.2, 0.25) is 11.8 Å². The average molecular weight is 422 g/mol. The predicted octanol–water partition coefficient (Wildman–Crippen LogP) is 2.82. The fourth-order valence-electron chi connectivity index (χ4n) is 3.24. The van der Waals surface area contributed by atoms with E-state index in [4.69, 9.17) is 5.73 Å². The molecule has 1 aliphatic carbocycles. The quantitative estimate of drug-likeness (QED) is 0.714. The molecular formula is C20H21F3N4O3. The summed E-state index contributed by atoms with van der Waals surface area (Å²) in [4.78, 5) is 32.6. The van der Waals surface area contributed by atoms with Crippen LogP contribution in [0.5, 0.6) is 5.88 Å². The number of hydrogen-bond acceptors (Lipinski definition) is 5. The van der Waals surface area contributed by atoms with Gasteiger partial charge in [0.05, 0.1) is 17.2 Å². The Morgan fingerprint density at radius 1 is 1.27 bits per heavy atom. The summed E-state index contributed by atoms with van der Waals surface area (Å²) in [5.41, 5.74) is 6.12. The van der Waals surface area contributed by atoms with Crippen LogP contribution < -0.4 is 15.8 Å². The van der Waals surface area contributed by atoms with Gasteiger partial charge in [-0.15, -0.1) is 0 Å². The van der Waals surface area contributed by atoms with Crippen molar-refractivity contribution in [2.45, 2.75) is 43.8 Å². The Bertz CT molecular complexity index is 928. The van der Waals surface area contributed by atoms with E-state index < -0.39 is 30.1 Å². The van der Waals surface area contributed by atoms with E-state index in [1.165, 1.54) is 30.6 Å². The minimum Gasteiger partial charge on any atom is -0.468 e. The predicted molar refractivity (Wildman–Crippen MR) is 101 cm³/mol. The molecule has 0 aliphatic heterocycles. The van der Waals surface area contributed by atoms with Gasteiger partial charge in [-0.3, -0.25) is 14.6 Å². The standard InChI is InChI=1S/C20H21F3N4O3/c1-12(14-3-4-16(26-10-14)30-11-20(21,22)23)27-17(28)13-5-8-25-15(9-13)19(18(24)29)6-2-7-19/h3-5,8-10,12H,2,6-7,11H2,1H3,(H2,24,29)(H,27,28). The summed E-state index contributed by atoms with van der Waals surface area (Å²) in [6, 6.07) is 5.47. The van der Waals surface area contributed by atoms with Crippen LogP contribution >= 0.6 is 0 Å². The van der Waals surface area contributed by atoms with Gasteiger partial charge in [-0.25, -0.2) is 4.98 Å². The van der Waals surface area contributed by atoms with Crippen LogP contribution in [0.15, 0.2) is 36.7 Å². The highest BCUT2D eigenvalue weighted by molar-refractivity contribution is 5.95. The lowest BCUT2D eigenvalue weighted by Gasteiger charge is -2.38. The number of halogens is 3. The van der Waals surface area contributed by atoms with Crippen LogP contribution in [0.4, 0.5) is 13.2 Å². The molecule has 30 heavy (non-hydrogen) atoms. The summed E-state index contributed by atoms with van der Waals surface area (Å²) >= 11 is 0. The van der Waals surface area contributed by atoms with E-state index in [1.807, 2.05) is 0 Å². The van der Waals surface area contributed by atoms with Crippen LogP contribution in [0.25, 0.3) is 0 Å². The molecule has 1 unspecified atom stereocenters. The number of ether oxygens (including phenoxy) is 1. The number of nitrogens with zero attached hydrogens (tertiary/aromatic N) is 2. The summed E-state index contributed by atoms with van der Waals surface area (Å²) in [5, 5.41) is 2.79. The number of carbonyl (C=O) groups is 2. The second kappa shape index (κ2) is 8.29. The Balaban J connectivity index is 1.66. The third-order valence-corrected chi connectivity index (χ3v) is 5.18. The van der Waals surface area contributed by atoms with E-state index in [9.17, 15) is 22.8 Å². The van der Waals surface area contributed by atoms with E-state index in [-0.39, 0.29) is 11.8 Å². The van der Waals surface area contributed by atoms with Crippen molar-refractivity contribution in [2.24, 2.45) is 5.73 Å². The van der Waals surface area contributed by atoms with Crippen LogP contribution in [0.3, 0.4) is 0 Å². The Labute approximate surface area is 170 Å². The van der Waals surface area contributed by atoms with Crippen molar-refractivity contribution in [1.82, 2.24) is 15.3 Å². The van der Waals surface area contributed by atoms with Crippen molar-refractivity contribution >= 4 is 11.8 Å². The topological polar surface area (TPSA) is 107 Å². The first-order chi connectivity index (χ1) is 14.1. The van der Waals surface area contributed by atoms with Gasteiger partial charge < -0.3 is 15.8 Å². The smallest absolute Gasteiger partial charge is 0.422 e. The Hall–Kier alpha value is -3.17. The van der Waals surface area contributed by atoms with Gasteiger partial charge in [0.15, 0.2) is 6.61 Å². The van der Waals surface area contributed by atoms with Crippen LogP contribution in [0.2, 0.25) is 0 Å². The molecule has 2 amide bonds. The number of aromatic nitrogens is 2. The second-order valence-electron chi connectivity index (χ2n) is 7.26. The number of nitrogens with one attached hydrogen (secondary N) is 1. The van der Waals surface area contributed by atoms with Crippen molar-refractivity contribution in [1.29, 1.82) is 0 Å². The lowest BCUT2D eigenvalue weighted by molar-refractivity contribution is -0.154. The van der Waals surface area contributed by atoms with Crippen molar-refractivity contribution in [3.63, 3.8) is 0 Å². The first kappa shape index (κ1) is 21.5. The zero-order valence-corrected chi connectivity index (χ0v) is 16.2. The molecule has 160 valence electrons. The summed E-state index contributed by atoms with van der Waals surface area (Å²) in [6.45, 7) is 0.285. The molecule has 0 aromatic carbocycles. The fourth-order valence-corrected chi connectivity index (χ4v) is 3.24. The maximum Gasteiger partial charge on any atom is 0.422 e. The molecule has 2 aromatic heterocycles. The van der Waals surface area contributed by atoms with Crippen molar-refractivity contribution in [2.75, 3.05) is 6.61 Å². The lowest BCUT2D eigenvalue weighted by Crippen LogP contribution is -2.47. The maximum absolute atomic E-state index is 12.6. The monoisotopic (exact) mass is 422 g/mol. The molecule has 3 N–H and O–H groups in total. The average Bonchev–Trinajstić information content (AvgIpc) is 2.65. The molecule has 1 saturated carbocycles. The summed E-state index contributed by atoms with van der Waals surface area (Å²) < 4.78 is 41.2. The normalized spacial score (nSPS) is 16.3. The van der Waals surface area contributed by atoms with Gasteiger partial charge in [-0.05, 0) is 37.5 Å². The van der Waals surface area contributed by atoms with Gasteiger partial charge >= 0.3 is 6.18 Å². The lowest BCUT2D eigenvalue weighted by atomic mass is 9.65. The fraction of sp³-hybridized carbons (Fsp3) is 0.400. The van der Waals surface area contributed by atoms with Crippen LogP contribution in [-0.4, -0.2) is 34.6 Å². The van der Waals surface area contributed by atoms with E-state index in [0.717, 1.165) is 6.42 Å². The zero-order valence-electron chi connectivity index (χ0n) is 16.2. The highest BCUT2D eigenvalue weighted by atomic mass is 19.4. The summed E-state index contributed by atoms with van der Waals surface area (Å²) in [6.07, 6.45) is 0.430. The molecular weight excluding hydrogens is 401 g/mol. The first-order valence-electron chi connectivity index (χ1n) is 9.33. The molecule has 10 heteroatoms. The third kappa shape index (κ3) is 4.69. The SMILES string of the molecule is CC(NC(=O)c1ccnc(C2(C(N)=O)CCC2)c1)c1ccc(OCC(F)(F)F)nc1. The number of amides is 2. The minimum absolute atomic E-state index is 0.161. The highest BCUT2D eigenvalue weighted by Gasteiger charge is 2.45. The van der Waals surface area contributed by atoms with Gasteiger partial charge in [0.25, 0.3) is 5.91 Å². The molecule has 2 heterocycles. The van der Waals surface area contributed by atoms with Crippen LogP contribution in [-0.2, 0) is 10.2 Å². The molecule has 1 fully saturated rings. The van der Waals surface area contributed by atoms with Gasteiger partial charge in [-0.2, -0.15) is 13.2 Å². The number of carbonyl (C=O) groups excluding carboxylic acids is 2. The number of nitrogens with two attached hydrogens (primary N) is 1. The van der Waals surface area contributed by atoms with Gasteiger partial charge in [0.1, 0.15) is 0 Å². The van der Waals surface area contributed by atoms with E-state index in [0.29, 0.717) is 29.7 Å². The minimum atomic E-state index is -4.45. The number of primary amides is 1. The zero-order chi connectivity index (χ0) is 21.9. The van der Waals surface area contributed by atoms with Crippen molar-refractivity contribution < 1.29 is 27.5 Å². The number of rotatable bonds is 7. The van der Waals surface area contributed by atoms with Crippen molar-refractivity contribution in [3.05, 3.63) is 53.5 Å². The third-order valence-electron chi connectivity index (χ3n) is 5.18. The summed E-state index contributed by atoms with van der Waals surface area (Å²) in [7, 11) is 0.